The molecule has 0 aliphatic heterocycles. The molecular weight excluding hydrogens is 252 g/mol. The lowest BCUT2D eigenvalue weighted by Crippen LogP contribution is -2.44. The van der Waals surface area contributed by atoms with Crippen molar-refractivity contribution in [3.63, 3.8) is 0 Å². The lowest BCUT2D eigenvalue weighted by molar-refractivity contribution is 0.240. The van der Waals surface area contributed by atoms with Crippen molar-refractivity contribution < 1.29 is 4.42 Å². The summed E-state index contributed by atoms with van der Waals surface area (Å²) in [7, 11) is 0. The third kappa shape index (κ3) is 1.67. The number of oxazole rings is 1. The molecule has 5 nitrogen and oxygen atoms in total. The molecule has 2 heterocycles. The van der Waals surface area contributed by atoms with E-state index >= 15 is 0 Å². The maximum absolute atomic E-state index is 6.27. The van der Waals surface area contributed by atoms with Crippen LogP contribution in [0.25, 0.3) is 22.7 Å². The van der Waals surface area contributed by atoms with Gasteiger partial charge in [-0.1, -0.05) is 6.07 Å². The number of nitrogens with zero attached hydrogens (tertiary/aromatic N) is 2. The van der Waals surface area contributed by atoms with E-state index in [1.807, 2.05) is 25.1 Å². The van der Waals surface area contributed by atoms with Gasteiger partial charge < -0.3 is 15.1 Å². The molecule has 1 aliphatic carbocycles. The zero-order valence-corrected chi connectivity index (χ0v) is 11.3. The summed E-state index contributed by atoms with van der Waals surface area (Å²) in [5, 5.41) is 0. The molecule has 3 N–H and O–H groups in total. The fourth-order valence-electron chi connectivity index (χ4n) is 2.63. The van der Waals surface area contributed by atoms with Crippen LogP contribution in [-0.4, -0.2) is 15.0 Å². The quantitative estimate of drug-likeness (QED) is 0.748. The Labute approximate surface area is 116 Å². The van der Waals surface area contributed by atoms with Gasteiger partial charge in [0.1, 0.15) is 17.0 Å². The number of imidazole rings is 1. The molecule has 0 atom stereocenters. The van der Waals surface area contributed by atoms with Gasteiger partial charge in [-0.25, -0.2) is 9.97 Å². The van der Waals surface area contributed by atoms with Crippen molar-refractivity contribution in [2.75, 3.05) is 0 Å². The van der Waals surface area contributed by atoms with Crippen LogP contribution in [0.1, 0.15) is 30.7 Å². The van der Waals surface area contributed by atoms with Gasteiger partial charge in [-0.3, -0.25) is 0 Å². The minimum Gasteiger partial charge on any atom is -0.435 e. The Morgan fingerprint density at radius 1 is 1.35 bits per heavy atom. The topological polar surface area (TPSA) is 80.7 Å². The summed E-state index contributed by atoms with van der Waals surface area (Å²) >= 11 is 0. The zero-order valence-electron chi connectivity index (χ0n) is 11.3. The first-order valence-electron chi connectivity index (χ1n) is 6.86. The van der Waals surface area contributed by atoms with Crippen LogP contribution in [-0.2, 0) is 5.54 Å². The average Bonchev–Trinajstić information content (AvgIpc) is 3.01. The second kappa shape index (κ2) is 3.93. The van der Waals surface area contributed by atoms with E-state index < -0.39 is 0 Å². The number of nitrogens with two attached hydrogens (primary N) is 1. The van der Waals surface area contributed by atoms with Gasteiger partial charge in [0, 0.05) is 0 Å². The zero-order chi connectivity index (χ0) is 13.7. The van der Waals surface area contributed by atoms with Gasteiger partial charge in [-0.15, -0.1) is 0 Å². The maximum atomic E-state index is 6.27. The van der Waals surface area contributed by atoms with Crippen LogP contribution in [0.3, 0.4) is 0 Å². The van der Waals surface area contributed by atoms with Gasteiger partial charge >= 0.3 is 0 Å². The molecule has 20 heavy (non-hydrogen) atoms. The highest BCUT2D eigenvalue weighted by Crippen LogP contribution is 2.37. The number of hydrogen-bond donors (Lipinski definition) is 2. The predicted molar refractivity (Wildman–Crippen MR) is 76.0 cm³/mol. The molecular formula is C15H16N4O. The number of aryl methyl sites for hydroxylation is 1. The molecule has 0 unspecified atom stereocenters. The lowest BCUT2D eigenvalue weighted by Gasteiger charge is -2.35. The number of H-pyrrole nitrogens is 1. The van der Waals surface area contributed by atoms with E-state index in [4.69, 9.17) is 10.2 Å². The molecule has 0 spiro atoms. The monoisotopic (exact) mass is 268 g/mol. The molecule has 4 rings (SSSR count). The Morgan fingerprint density at radius 2 is 2.20 bits per heavy atom. The molecule has 102 valence electrons. The molecule has 1 aromatic carbocycles. The van der Waals surface area contributed by atoms with Crippen LogP contribution in [0.4, 0.5) is 0 Å². The predicted octanol–water partition coefficient (Wildman–Crippen LogP) is 2.86. The highest BCUT2D eigenvalue weighted by molar-refractivity contribution is 5.76. The van der Waals surface area contributed by atoms with Gasteiger partial charge in [0.25, 0.3) is 0 Å². The fourth-order valence-corrected chi connectivity index (χ4v) is 2.63. The molecule has 3 aromatic rings. The fraction of sp³-hybridized carbons (Fsp3) is 0.333. The van der Waals surface area contributed by atoms with E-state index in [1.54, 1.807) is 6.20 Å². The molecule has 1 fully saturated rings. The van der Waals surface area contributed by atoms with Crippen LogP contribution >= 0.6 is 0 Å². The van der Waals surface area contributed by atoms with Crippen molar-refractivity contribution in [3.05, 3.63) is 35.8 Å². The summed E-state index contributed by atoms with van der Waals surface area (Å²) in [5.41, 5.74) is 9.57. The normalized spacial score (nSPS) is 17.3. The highest BCUT2D eigenvalue weighted by Gasteiger charge is 2.37. The van der Waals surface area contributed by atoms with E-state index in [2.05, 4.69) is 15.0 Å². The maximum Gasteiger partial charge on any atom is 0.245 e. The largest absolute Gasteiger partial charge is 0.435 e. The molecule has 0 saturated heterocycles. The van der Waals surface area contributed by atoms with Crippen molar-refractivity contribution in [1.82, 2.24) is 15.0 Å². The van der Waals surface area contributed by atoms with Crippen molar-refractivity contribution in [1.29, 1.82) is 0 Å². The van der Waals surface area contributed by atoms with Crippen LogP contribution in [0.15, 0.2) is 28.8 Å². The number of fused-ring (bicyclic) bond motifs is 1. The second-order valence-electron chi connectivity index (χ2n) is 5.65. The van der Waals surface area contributed by atoms with Crippen molar-refractivity contribution in [2.24, 2.45) is 5.73 Å². The second-order valence-corrected chi connectivity index (χ2v) is 5.65. The molecule has 0 bridgehead atoms. The molecule has 0 radical (unpaired) electrons. The van der Waals surface area contributed by atoms with Gasteiger partial charge in [-0.05, 0) is 43.9 Å². The Bertz CT molecular complexity index is 782. The summed E-state index contributed by atoms with van der Waals surface area (Å²) < 4.78 is 5.76. The Hall–Kier alpha value is -2.14. The smallest absolute Gasteiger partial charge is 0.245 e. The SMILES string of the molecule is Cc1ccc2oc(-c3cnc(C4(N)CCC4)[nH]3)nc2c1. The average molecular weight is 268 g/mol. The minimum absolute atomic E-state index is 0.291. The summed E-state index contributed by atoms with van der Waals surface area (Å²) in [6.45, 7) is 2.04. The summed E-state index contributed by atoms with van der Waals surface area (Å²) in [5.74, 6) is 1.39. The van der Waals surface area contributed by atoms with E-state index in [-0.39, 0.29) is 5.54 Å². The Balaban J connectivity index is 1.75. The summed E-state index contributed by atoms with van der Waals surface area (Å²) in [4.78, 5) is 12.2. The van der Waals surface area contributed by atoms with Crippen molar-refractivity contribution in [2.45, 2.75) is 31.7 Å². The van der Waals surface area contributed by atoms with Crippen LogP contribution in [0.5, 0.6) is 0 Å². The van der Waals surface area contributed by atoms with E-state index in [1.165, 1.54) is 0 Å². The first-order chi connectivity index (χ1) is 9.64. The molecule has 0 amide bonds. The number of hydrogen-bond acceptors (Lipinski definition) is 4. The number of aromatic amines is 1. The van der Waals surface area contributed by atoms with Gasteiger partial charge in [-0.2, -0.15) is 0 Å². The third-order valence-corrected chi connectivity index (χ3v) is 4.07. The minimum atomic E-state index is -0.291. The molecule has 1 aliphatic rings. The molecule has 5 heteroatoms. The summed E-state index contributed by atoms with van der Waals surface area (Å²) in [6.07, 6.45) is 4.87. The number of rotatable bonds is 2. The number of aromatic nitrogens is 3. The number of benzene rings is 1. The lowest BCUT2D eigenvalue weighted by atomic mass is 9.77. The standard InChI is InChI=1S/C15H16N4O/c1-9-3-4-12-10(7-9)18-13(20-12)11-8-17-14(19-11)15(16)5-2-6-15/h3-4,7-8H,2,5-6,16H2,1H3,(H,17,19). The molecule has 2 aromatic heterocycles. The number of nitrogens with one attached hydrogen (secondary N) is 1. The Kier molecular flexibility index (Phi) is 2.29. The Morgan fingerprint density at radius 3 is 2.95 bits per heavy atom. The highest BCUT2D eigenvalue weighted by atomic mass is 16.3. The third-order valence-electron chi connectivity index (χ3n) is 4.07. The first-order valence-corrected chi connectivity index (χ1v) is 6.86. The van der Waals surface area contributed by atoms with Crippen LogP contribution < -0.4 is 5.73 Å². The van der Waals surface area contributed by atoms with Crippen LogP contribution in [0, 0.1) is 6.92 Å². The van der Waals surface area contributed by atoms with Gasteiger partial charge in [0.2, 0.25) is 5.89 Å². The molecule has 1 saturated carbocycles. The van der Waals surface area contributed by atoms with E-state index in [9.17, 15) is 0 Å². The van der Waals surface area contributed by atoms with Crippen molar-refractivity contribution in [3.8, 4) is 11.6 Å². The van der Waals surface area contributed by atoms with Gasteiger partial charge in [0.05, 0.1) is 11.7 Å². The van der Waals surface area contributed by atoms with E-state index in [0.29, 0.717) is 5.89 Å². The van der Waals surface area contributed by atoms with Crippen LogP contribution in [0.2, 0.25) is 0 Å². The summed E-state index contributed by atoms with van der Waals surface area (Å²) in [6, 6.07) is 5.96. The first kappa shape index (κ1) is 11.7. The van der Waals surface area contributed by atoms with E-state index in [0.717, 1.165) is 47.4 Å². The van der Waals surface area contributed by atoms with Gasteiger partial charge in [0.15, 0.2) is 5.58 Å². The van der Waals surface area contributed by atoms with Crippen molar-refractivity contribution >= 4 is 11.1 Å².